The van der Waals surface area contributed by atoms with Crippen LogP contribution in [0.5, 0.6) is 0 Å². The van der Waals surface area contributed by atoms with Gasteiger partial charge in [-0.05, 0) is 13.3 Å². The molecule has 1 aliphatic rings. The Morgan fingerprint density at radius 1 is 1.57 bits per heavy atom. The zero-order chi connectivity index (χ0) is 10.1. The molecule has 0 aliphatic carbocycles. The van der Waals surface area contributed by atoms with Crippen LogP contribution in [0.2, 0.25) is 0 Å². The number of hydrogen-bond donors (Lipinski definition) is 0. The molecule has 1 aromatic heterocycles. The number of carbonyl (C=O) groups excluding carboxylic acids is 1. The van der Waals surface area contributed by atoms with Gasteiger partial charge in [0.1, 0.15) is 11.6 Å². The quantitative estimate of drug-likeness (QED) is 0.699. The van der Waals surface area contributed by atoms with E-state index in [4.69, 9.17) is 0 Å². The molecule has 4 nitrogen and oxygen atoms in total. The molecule has 0 saturated heterocycles. The molecule has 0 spiro atoms. The smallest absolute Gasteiger partial charge is 0.134 e. The number of aromatic nitrogens is 2. The predicted molar refractivity (Wildman–Crippen MR) is 54.5 cm³/mol. The zero-order valence-electron chi connectivity index (χ0n) is 8.66. The average molecular weight is 193 g/mol. The van der Waals surface area contributed by atoms with Gasteiger partial charge in [0, 0.05) is 32.1 Å². The third-order valence-electron chi connectivity index (χ3n) is 2.55. The van der Waals surface area contributed by atoms with Gasteiger partial charge in [0.25, 0.3) is 0 Å². The molecule has 1 aromatic rings. The number of Topliss-reactive ketones (excluding diaryl/α,β-unsaturated/α-hetero) is 1. The summed E-state index contributed by atoms with van der Waals surface area (Å²) in [5, 5.41) is 4.28. The van der Waals surface area contributed by atoms with Crippen LogP contribution in [0.3, 0.4) is 0 Å². The summed E-state index contributed by atoms with van der Waals surface area (Å²) in [5.74, 6) is 1.31. The number of carbonyl (C=O) groups is 1. The van der Waals surface area contributed by atoms with Crippen molar-refractivity contribution in [3.05, 3.63) is 11.8 Å². The number of fused-ring (bicyclic) bond motifs is 1. The van der Waals surface area contributed by atoms with Crippen molar-refractivity contribution in [2.45, 2.75) is 26.3 Å². The first-order valence-corrected chi connectivity index (χ1v) is 4.93. The largest absolute Gasteiger partial charge is 0.360 e. The highest BCUT2D eigenvalue weighted by Crippen LogP contribution is 2.23. The molecule has 2 heterocycles. The number of rotatable bonds is 2. The molecule has 14 heavy (non-hydrogen) atoms. The van der Waals surface area contributed by atoms with Crippen molar-refractivity contribution in [1.82, 2.24) is 9.78 Å². The molecular formula is C10H15N3O. The van der Waals surface area contributed by atoms with E-state index < -0.39 is 0 Å². The molecule has 0 unspecified atom stereocenters. The number of anilines is 1. The number of aryl methyl sites for hydroxylation is 1. The van der Waals surface area contributed by atoms with E-state index >= 15 is 0 Å². The summed E-state index contributed by atoms with van der Waals surface area (Å²) < 4.78 is 1.99. The molecule has 0 bridgehead atoms. The molecule has 0 N–H and O–H groups in total. The Labute approximate surface area is 83.5 Å². The van der Waals surface area contributed by atoms with E-state index in [9.17, 15) is 4.79 Å². The zero-order valence-corrected chi connectivity index (χ0v) is 8.66. The fraction of sp³-hybridized carbons (Fsp3) is 0.600. The summed E-state index contributed by atoms with van der Waals surface area (Å²) >= 11 is 0. The monoisotopic (exact) mass is 193 g/mol. The highest BCUT2D eigenvalue weighted by molar-refractivity contribution is 5.79. The van der Waals surface area contributed by atoms with Crippen molar-refractivity contribution in [2.24, 2.45) is 0 Å². The summed E-state index contributed by atoms with van der Waals surface area (Å²) in [5.41, 5.74) is 1.06. The lowest BCUT2D eigenvalue weighted by molar-refractivity contribution is -0.116. The molecule has 76 valence electrons. The predicted octanol–water partition coefficient (Wildman–Crippen LogP) is 0.855. The summed E-state index contributed by atoms with van der Waals surface area (Å²) in [6.07, 6.45) is 3.45. The summed E-state index contributed by atoms with van der Waals surface area (Å²) in [7, 11) is 2.05. The van der Waals surface area contributed by atoms with Crippen molar-refractivity contribution < 1.29 is 4.79 Å². The topological polar surface area (TPSA) is 38.1 Å². The lowest BCUT2D eigenvalue weighted by Gasteiger charge is -2.26. The van der Waals surface area contributed by atoms with Crippen LogP contribution in [-0.4, -0.2) is 29.2 Å². The van der Waals surface area contributed by atoms with Crippen LogP contribution in [0.4, 0.5) is 5.82 Å². The third-order valence-corrected chi connectivity index (χ3v) is 2.55. The Balaban J connectivity index is 2.33. The average Bonchev–Trinajstić information content (AvgIpc) is 2.49. The maximum atomic E-state index is 11.0. The van der Waals surface area contributed by atoms with E-state index in [-0.39, 0.29) is 5.78 Å². The van der Waals surface area contributed by atoms with E-state index in [0.29, 0.717) is 6.42 Å². The number of nitrogens with zero attached hydrogens (tertiary/aromatic N) is 3. The lowest BCUT2D eigenvalue weighted by Crippen LogP contribution is -2.29. The second kappa shape index (κ2) is 3.44. The Morgan fingerprint density at radius 2 is 2.36 bits per heavy atom. The highest BCUT2D eigenvalue weighted by atomic mass is 16.1. The normalized spacial score (nSPS) is 15.4. The third kappa shape index (κ3) is 1.52. The summed E-state index contributed by atoms with van der Waals surface area (Å²) in [4.78, 5) is 13.2. The minimum Gasteiger partial charge on any atom is -0.360 e. The molecule has 0 atom stereocenters. The molecule has 2 rings (SSSR count). The van der Waals surface area contributed by atoms with Gasteiger partial charge in [-0.15, -0.1) is 0 Å². The summed E-state index contributed by atoms with van der Waals surface area (Å²) in [6.45, 7) is 3.64. The molecule has 0 fully saturated rings. The molecule has 0 amide bonds. The van der Waals surface area contributed by atoms with Gasteiger partial charge in [0.05, 0.1) is 6.20 Å². The number of hydrogen-bond acceptors (Lipinski definition) is 3. The lowest BCUT2D eigenvalue weighted by atomic mass is 10.1. The standard InChI is InChI=1S/C10H15N3O/c1-8(14)6-9-7-11-13-5-3-4-12(2)10(9)13/h7H,3-6H2,1-2H3. The second-order valence-corrected chi connectivity index (χ2v) is 3.87. The number of ketones is 1. The SMILES string of the molecule is CC(=O)Cc1cnn2c1N(C)CCC2. The van der Waals surface area contributed by atoms with Crippen LogP contribution in [0.25, 0.3) is 0 Å². The van der Waals surface area contributed by atoms with Crippen LogP contribution in [0.1, 0.15) is 18.9 Å². The van der Waals surface area contributed by atoms with E-state index in [1.54, 1.807) is 6.92 Å². The Hall–Kier alpha value is -1.32. The van der Waals surface area contributed by atoms with E-state index in [2.05, 4.69) is 17.0 Å². The Kier molecular flexibility index (Phi) is 2.27. The first kappa shape index (κ1) is 9.24. The van der Waals surface area contributed by atoms with Crippen molar-refractivity contribution in [3.63, 3.8) is 0 Å². The highest BCUT2D eigenvalue weighted by Gasteiger charge is 2.19. The van der Waals surface area contributed by atoms with Crippen molar-refractivity contribution in [1.29, 1.82) is 0 Å². The van der Waals surface area contributed by atoms with E-state index in [0.717, 1.165) is 30.9 Å². The van der Waals surface area contributed by atoms with Crippen LogP contribution in [-0.2, 0) is 17.8 Å². The van der Waals surface area contributed by atoms with Crippen molar-refractivity contribution in [2.75, 3.05) is 18.5 Å². The van der Waals surface area contributed by atoms with E-state index in [1.807, 2.05) is 10.9 Å². The van der Waals surface area contributed by atoms with Gasteiger partial charge in [0.15, 0.2) is 0 Å². The van der Waals surface area contributed by atoms with Gasteiger partial charge in [-0.1, -0.05) is 0 Å². The van der Waals surface area contributed by atoms with Gasteiger partial charge in [-0.25, -0.2) is 4.68 Å². The maximum absolute atomic E-state index is 11.0. The van der Waals surface area contributed by atoms with Crippen LogP contribution in [0, 0.1) is 0 Å². The van der Waals surface area contributed by atoms with E-state index in [1.165, 1.54) is 0 Å². The molecule has 1 aliphatic heterocycles. The van der Waals surface area contributed by atoms with Gasteiger partial charge < -0.3 is 4.90 Å². The minimum absolute atomic E-state index is 0.194. The molecule has 0 saturated carbocycles. The van der Waals surface area contributed by atoms with Crippen LogP contribution >= 0.6 is 0 Å². The fourth-order valence-corrected chi connectivity index (χ4v) is 1.98. The van der Waals surface area contributed by atoms with Crippen molar-refractivity contribution in [3.8, 4) is 0 Å². The van der Waals surface area contributed by atoms with Gasteiger partial charge in [0.2, 0.25) is 0 Å². The molecular weight excluding hydrogens is 178 g/mol. The second-order valence-electron chi connectivity index (χ2n) is 3.87. The van der Waals surface area contributed by atoms with Crippen LogP contribution < -0.4 is 4.90 Å². The fourth-order valence-electron chi connectivity index (χ4n) is 1.98. The maximum Gasteiger partial charge on any atom is 0.134 e. The minimum atomic E-state index is 0.194. The molecule has 4 heteroatoms. The van der Waals surface area contributed by atoms with Crippen molar-refractivity contribution >= 4 is 11.6 Å². The summed E-state index contributed by atoms with van der Waals surface area (Å²) in [6, 6.07) is 0. The van der Waals surface area contributed by atoms with Crippen LogP contribution in [0.15, 0.2) is 6.20 Å². The molecule has 0 aromatic carbocycles. The van der Waals surface area contributed by atoms with Gasteiger partial charge in [-0.2, -0.15) is 5.10 Å². The van der Waals surface area contributed by atoms with Gasteiger partial charge in [-0.3, -0.25) is 4.79 Å². The first-order valence-electron chi connectivity index (χ1n) is 4.93. The van der Waals surface area contributed by atoms with Gasteiger partial charge >= 0.3 is 0 Å². The Bertz CT molecular complexity index is 356. The molecule has 0 radical (unpaired) electrons. The first-order chi connectivity index (χ1) is 6.68. The Morgan fingerprint density at radius 3 is 3.07 bits per heavy atom.